The van der Waals surface area contributed by atoms with E-state index in [-0.39, 0.29) is 29.3 Å². The standard InChI is InChI=1S/C21H22N4O5S2/c1-29-17-8-7-16(14-18(17)32(27,28)25-9-11-30-12-10-25)20(26)22-21-24-23-19(31-21)13-15-5-3-2-4-6-15/h2-8,14H,9-13H2,1H3,(H,22,24,26). The molecule has 1 aromatic heterocycles. The minimum atomic E-state index is -3.84. The Bertz CT molecular complexity index is 1190. The van der Waals surface area contributed by atoms with Gasteiger partial charge in [-0.2, -0.15) is 4.31 Å². The Labute approximate surface area is 190 Å². The smallest absolute Gasteiger partial charge is 0.257 e. The van der Waals surface area contributed by atoms with Crippen molar-refractivity contribution in [2.24, 2.45) is 0 Å². The zero-order chi connectivity index (χ0) is 22.6. The largest absolute Gasteiger partial charge is 0.495 e. The number of carbonyl (C=O) groups excluding carboxylic acids is 1. The Hall–Kier alpha value is -2.86. The van der Waals surface area contributed by atoms with E-state index >= 15 is 0 Å². The number of aromatic nitrogens is 2. The van der Waals surface area contributed by atoms with Gasteiger partial charge in [0.25, 0.3) is 5.91 Å². The van der Waals surface area contributed by atoms with Crippen molar-refractivity contribution in [3.8, 4) is 5.75 Å². The van der Waals surface area contributed by atoms with Crippen molar-refractivity contribution in [3.05, 3.63) is 64.7 Å². The summed E-state index contributed by atoms with van der Waals surface area (Å²) in [6, 6.07) is 14.1. The average Bonchev–Trinajstić information content (AvgIpc) is 3.26. The van der Waals surface area contributed by atoms with Gasteiger partial charge in [0.05, 0.1) is 20.3 Å². The first kappa shape index (κ1) is 22.3. The summed E-state index contributed by atoms with van der Waals surface area (Å²) in [5.41, 5.74) is 1.27. The molecule has 32 heavy (non-hydrogen) atoms. The van der Waals surface area contributed by atoms with Crippen LogP contribution in [0.5, 0.6) is 5.75 Å². The highest BCUT2D eigenvalue weighted by Gasteiger charge is 2.30. The Morgan fingerprint density at radius 3 is 2.62 bits per heavy atom. The Balaban J connectivity index is 1.52. The van der Waals surface area contributed by atoms with E-state index in [0.29, 0.717) is 24.8 Å². The van der Waals surface area contributed by atoms with Crippen LogP contribution in [0.2, 0.25) is 0 Å². The van der Waals surface area contributed by atoms with Crippen molar-refractivity contribution in [2.75, 3.05) is 38.7 Å². The minimum absolute atomic E-state index is 0.0587. The first-order valence-corrected chi connectivity index (χ1v) is 12.2. The first-order chi connectivity index (χ1) is 15.5. The number of anilines is 1. The molecule has 0 aliphatic carbocycles. The molecule has 3 aromatic rings. The van der Waals surface area contributed by atoms with E-state index in [1.165, 1.54) is 41.0 Å². The number of ether oxygens (including phenoxy) is 2. The van der Waals surface area contributed by atoms with Crippen molar-refractivity contribution in [3.63, 3.8) is 0 Å². The molecule has 2 aromatic carbocycles. The number of hydrogen-bond donors (Lipinski definition) is 1. The minimum Gasteiger partial charge on any atom is -0.495 e. The van der Waals surface area contributed by atoms with Crippen molar-refractivity contribution in [2.45, 2.75) is 11.3 Å². The monoisotopic (exact) mass is 474 g/mol. The van der Waals surface area contributed by atoms with Gasteiger partial charge in [-0.15, -0.1) is 10.2 Å². The van der Waals surface area contributed by atoms with E-state index in [0.717, 1.165) is 10.6 Å². The summed E-state index contributed by atoms with van der Waals surface area (Å²) in [5, 5.41) is 12.0. The summed E-state index contributed by atoms with van der Waals surface area (Å²) in [4.78, 5) is 12.7. The number of hydrogen-bond acceptors (Lipinski definition) is 8. The maximum atomic E-state index is 13.1. The summed E-state index contributed by atoms with van der Waals surface area (Å²) in [6.45, 7) is 1.14. The Morgan fingerprint density at radius 1 is 1.16 bits per heavy atom. The van der Waals surface area contributed by atoms with Crippen LogP contribution in [0.1, 0.15) is 20.9 Å². The predicted octanol–water partition coefficient (Wildman–Crippen LogP) is 2.41. The molecule has 1 saturated heterocycles. The number of nitrogens with one attached hydrogen (secondary N) is 1. The van der Waals surface area contributed by atoms with Gasteiger partial charge in [0, 0.05) is 25.1 Å². The lowest BCUT2D eigenvalue weighted by molar-refractivity contribution is 0.0729. The molecule has 9 nitrogen and oxygen atoms in total. The molecule has 0 spiro atoms. The van der Waals surface area contributed by atoms with E-state index in [1.807, 2.05) is 30.3 Å². The summed E-state index contributed by atoms with van der Waals surface area (Å²) in [6.07, 6.45) is 0.610. The molecule has 1 fully saturated rings. The van der Waals surface area contributed by atoms with Gasteiger partial charge in [0.2, 0.25) is 15.2 Å². The van der Waals surface area contributed by atoms with Crippen LogP contribution in [0, 0.1) is 0 Å². The molecular formula is C21H22N4O5S2. The molecule has 2 heterocycles. The molecule has 0 saturated carbocycles. The number of rotatable bonds is 7. The van der Waals surface area contributed by atoms with Crippen LogP contribution < -0.4 is 10.1 Å². The number of morpholine rings is 1. The molecule has 1 aliphatic rings. The lowest BCUT2D eigenvalue weighted by Gasteiger charge is -2.26. The summed E-state index contributed by atoms with van der Waals surface area (Å²) in [5.74, 6) is -0.303. The topological polar surface area (TPSA) is 111 Å². The van der Waals surface area contributed by atoms with Crippen molar-refractivity contribution < 1.29 is 22.7 Å². The van der Waals surface area contributed by atoms with Crippen LogP contribution in [0.4, 0.5) is 5.13 Å². The maximum absolute atomic E-state index is 13.1. The predicted molar refractivity (Wildman–Crippen MR) is 120 cm³/mol. The zero-order valence-electron chi connectivity index (χ0n) is 17.4. The van der Waals surface area contributed by atoms with Crippen LogP contribution in [-0.2, 0) is 21.2 Å². The van der Waals surface area contributed by atoms with Crippen molar-refractivity contribution in [1.82, 2.24) is 14.5 Å². The third kappa shape index (κ3) is 4.96. The number of methoxy groups -OCH3 is 1. The summed E-state index contributed by atoms with van der Waals surface area (Å²) >= 11 is 1.27. The molecular weight excluding hydrogens is 452 g/mol. The molecule has 1 aliphatic heterocycles. The highest BCUT2D eigenvalue weighted by molar-refractivity contribution is 7.89. The van der Waals surface area contributed by atoms with E-state index in [2.05, 4.69) is 15.5 Å². The fourth-order valence-electron chi connectivity index (χ4n) is 3.26. The number of benzene rings is 2. The fraction of sp³-hybridized carbons (Fsp3) is 0.286. The first-order valence-electron chi connectivity index (χ1n) is 9.91. The molecule has 0 atom stereocenters. The SMILES string of the molecule is COc1ccc(C(=O)Nc2nnc(Cc3ccccc3)s2)cc1S(=O)(=O)N1CCOCC1. The number of sulfonamides is 1. The van der Waals surface area contributed by atoms with E-state index in [4.69, 9.17) is 9.47 Å². The second kappa shape index (κ2) is 9.74. The van der Waals surface area contributed by atoms with Gasteiger partial charge < -0.3 is 9.47 Å². The van der Waals surface area contributed by atoms with Crippen molar-refractivity contribution in [1.29, 1.82) is 0 Å². The third-order valence-electron chi connectivity index (χ3n) is 4.90. The van der Waals surface area contributed by atoms with Gasteiger partial charge in [-0.25, -0.2) is 8.42 Å². The quantitative estimate of drug-likeness (QED) is 0.560. The van der Waals surface area contributed by atoms with Gasteiger partial charge in [0.1, 0.15) is 15.7 Å². The highest BCUT2D eigenvalue weighted by Crippen LogP contribution is 2.29. The number of carbonyl (C=O) groups is 1. The number of nitrogens with zero attached hydrogens (tertiary/aromatic N) is 3. The molecule has 4 rings (SSSR count). The molecule has 0 unspecified atom stereocenters. The normalized spacial score (nSPS) is 14.8. The van der Waals surface area contributed by atoms with E-state index in [9.17, 15) is 13.2 Å². The Kier molecular flexibility index (Phi) is 6.80. The molecule has 168 valence electrons. The van der Waals surface area contributed by atoms with Gasteiger partial charge in [-0.3, -0.25) is 10.1 Å². The Morgan fingerprint density at radius 2 is 1.91 bits per heavy atom. The second-order valence-corrected chi connectivity index (χ2v) is 9.97. The lowest BCUT2D eigenvalue weighted by Crippen LogP contribution is -2.40. The van der Waals surface area contributed by atoms with Gasteiger partial charge >= 0.3 is 0 Å². The molecule has 0 bridgehead atoms. The lowest BCUT2D eigenvalue weighted by atomic mass is 10.2. The van der Waals surface area contributed by atoms with Crippen LogP contribution in [0.15, 0.2) is 53.4 Å². The van der Waals surface area contributed by atoms with Gasteiger partial charge in [0.15, 0.2) is 0 Å². The van der Waals surface area contributed by atoms with Crippen LogP contribution in [0.3, 0.4) is 0 Å². The van der Waals surface area contributed by atoms with Crippen molar-refractivity contribution >= 4 is 32.4 Å². The molecule has 1 N–H and O–H groups in total. The van der Waals surface area contributed by atoms with E-state index in [1.54, 1.807) is 0 Å². The van der Waals surface area contributed by atoms with Gasteiger partial charge in [-0.05, 0) is 23.8 Å². The third-order valence-corrected chi connectivity index (χ3v) is 7.66. The zero-order valence-corrected chi connectivity index (χ0v) is 19.0. The van der Waals surface area contributed by atoms with E-state index < -0.39 is 15.9 Å². The molecule has 1 amide bonds. The second-order valence-electron chi connectivity index (χ2n) is 7.00. The maximum Gasteiger partial charge on any atom is 0.257 e. The average molecular weight is 475 g/mol. The van der Waals surface area contributed by atoms with Gasteiger partial charge in [-0.1, -0.05) is 41.7 Å². The molecule has 0 radical (unpaired) electrons. The summed E-state index contributed by atoms with van der Waals surface area (Å²) in [7, 11) is -2.45. The van der Waals surface area contributed by atoms with Crippen LogP contribution in [0.25, 0.3) is 0 Å². The molecule has 11 heteroatoms. The fourth-order valence-corrected chi connectivity index (χ4v) is 5.62. The van der Waals surface area contributed by atoms with Crippen LogP contribution in [-0.4, -0.2) is 62.2 Å². The highest BCUT2D eigenvalue weighted by atomic mass is 32.2. The van der Waals surface area contributed by atoms with Crippen LogP contribution >= 0.6 is 11.3 Å². The summed E-state index contributed by atoms with van der Waals surface area (Å²) < 4.78 is 38.0. The number of amides is 1.